The molecule has 3 heteroatoms. The summed E-state index contributed by atoms with van der Waals surface area (Å²) in [6.45, 7) is 7.15. The Morgan fingerprint density at radius 1 is 1.54 bits per heavy atom. The van der Waals surface area contributed by atoms with Crippen LogP contribution in [0, 0.1) is 0 Å². The average Bonchev–Trinajstić information content (AvgIpc) is 2.17. The van der Waals surface area contributed by atoms with Crippen molar-refractivity contribution < 1.29 is 4.74 Å². The van der Waals surface area contributed by atoms with Crippen LogP contribution in [0.15, 0.2) is 0 Å². The van der Waals surface area contributed by atoms with Crippen LogP contribution in [0.1, 0.15) is 26.2 Å². The van der Waals surface area contributed by atoms with Crippen LogP contribution in [-0.2, 0) is 4.74 Å². The molecule has 0 aliphatic carbocycles. The first-order valence-electron chi connectivity index (χ1n) is 5.40. The molecule has 0 saturated carbocycles. The Bertz CT molecular complexity index is 128. The molecule has 13 heavy (non-hydrogen) atoms. The second kappa shape index (κ2) is 6.35. The monoisotopic (exact) mass is 186 g/mol. The van der Waals surface area contributed by atoms with Crippen molar-refractivity contribution in [3.8, 4) is 0 Å². The highest BCUT2D eigenvalue weighted by Crippen LogP contribution is 2.12. The molecule has 1 aliphatic rings. The van der Waals surface area contributed by atoms with Gasteiger partial charge in [0.15, 0.2) is 0 Å². The maximum absolute atomic E-state index is 5.51. The summed E-state index contributed by atoms with van der Waals surface area (Å²) in [5.41, 5.74) is 5.51. The zero-order valence-electron chi connectivity index (χ0n) is 8.67. The standard InChI is InChI=1S/C10H22N2O/c1-2-6-12-7-8-13-9-10(12)4-3-5-11/h10H,2-9,11H2,1H3. The van der Waals surface area contributed by atoms with Gasteiger partial charge in [-0.15, -0.1) is 0 Å². The second-order valence-corrected chi connectivity index (χ2v) is 3.70. The molecule has 1 heterocycles. The van der Waals surface area contributed by atoms with Crippen LogP contribution in [0.2, 0.25) is 0 Å². The molecule has 1 unspecified atom stereocenters. The first kappa shape index (κ1) is 11.0. The van der Waals surface area contributed by atoms with Gasteiger partial charge in [-0.3, -0.25) is 4.90 Å². The first-order chi connectivity index (χ1) is 6.38. The van der Waals surface area contributed by atoms with Gasteiger partial charge in [-0.05, 0) is 32.4 Å². The summed E-state index contributed by atoms with van der Waals surface area (Å²) >= 11 is 0. The van der Waals surface area contributed by atoms with Gasteiger partial charge in [0, 0.05) is 12.6 Å². The lowest BCUT2D eigenvalue weighted by atomic mass is 10.1. The second-order valence-electron chi connectivity index (χ2n) is 3.70. The Morgan fingerprint density at radius 3 is 3.08 bits per heavy atom. The van der Waals surface area contributed by atoms with Crippen LogP contribution >= 0.6 is 0 Å². The Hall–Kier alpha value is -0.120. The van der Waals surface area contributed by atoms with Gasteiger partial charge in [0.1, 0.15) is 0 Å². The van der Waals surface area contributed by atoms with Crippen molar-refractivity contribution in [3.05, 3.63) is 0 Å². The largest absolute Gasteiger partial charge is 0.378 e. The predicted molar refractivity (Wildman–Crippen MR) is 54.8 cm³/mol. The number of hydrogen-bond acceptors (Lipinski definition) is 3. The summed E-state index contributed by atoms with van der Waals surface area (Å²) in [7, 11) is 0. The number of rotatable bonds is 5. The first-order valence-corrected chi connectivity index (χ1v) is 5.40. The molecule has 0 aromatic carbocycles. The molecule has 1 fully saturated rings. The van der Waals surface area contributed by atoms with Gasteiger partial charge >= 0.3 is 0 Å². The minimum Gasteiger partial charge on any atom is -0.378 e. The molecule has 2 N–H and O–H groups in total. The highest BCUT2D eigenvalue weighted by Gasteiger charge is 2.20. The summed E-state index contributed by atoms with van der Waals surface area (Å²) in [6.07, 6.45) is 3.55. The molecule has 1 saturated heterocycles. The van der Waals surface area contributed by atoms with E-state index in [1.165, 1.54) is 19.4 Å². The van der Waals surface area contributed by atoms with Crippen molar-refractivity contribution in [1.82, 2.24) is 4.90 Å². The Balaban J connectivity index is 2.28. The van der Waals surface area contributed by atoms with E-state index < -0.39 is 0 Å². The van der Waals surface area contributed by atoms with Crippen LogP contribution < -0.4 is 5.73 Å². The van der Waals surface area contributed by atoms with Crippen molar-refractivity contribution >= 4 is 0 Å². The minimum absolute atomic E-state index is 0.622. The highest BCUT2D eigenvalue weighted by atomic mass is 16.5. The summed E-state index contributed by atoms with van der Waals surface area (Å²) in [5, 5.41) is 0. The molecule has 1 atom stereocenters. The number of nitrogens with zero attached hydrogens (tertiary/aromatic N) is 1. The molecule has 0 amide bonds. The molecule has 1 aliphatic heterocycles. The Kier molecular flexibility index (Phi) is 5.35. The lowest BCUT2D eigenvalue weighted by molar-refractivity contribution is -0.0105. The van der Waals surface area contributed by atoms with Crippen LogP contribution in [0.25, 0.3) is 0 Å². The molecule has 0 aromatic rings. The van der Waals surface area contributed by atoms with Crippen molar-refractivity contribution in [2.24, 2.45) is 5.73 Å². The van der Waals surface area contributed by atoms with Crippen LogP contribution in [0.5, 0.6) is 0 Å². The van der Waals surface area contributed by atoms with Gasteiger partial charge in [-0.2, -0.15) is 0 Å². The average molecular weight is 186 g/mol. The number of hydrogen-bond donors (Lipinski definition) is 1. The smallest absolute Gasteiger partial charge is 0.0622 e. The topological polar surface area (TPSA) is 38.5 Å². The summed E-state index contributed by atoms with van der Waals surface area (Å²) in [4.78, 5) is 2.54. The van der Waals surface area contributed by atoms with E-state index in [1.54, 1.807) is 0 Å². The lowest BCUT2D eigenvalue weighted by Gasteiger charge is -2.35. The van der Waals surface area contributed by atoms with Crippen LogP contribution in [0.3, 0.4) is 0 Å². The molecule has 0 bridgehead atoms. The van der Waals surface area contributed by atoms with Gasteiger partial charge in [-0.25, -0.2) is 0 Å². The number of nitrogens with two attached hydrogens (primary N) is 1. The van der Waals surface area contributed by atoms with Gasteiger partial charge in [0.05, 0.1) is 13.2 Å². The van der Waals surface area contributed by atoms with Crippen molar-refractivity contribution in [1.29, 1.82) is 0 Å². The normalized spacial score (nSPS) is 24.9. The minimum atomic E-state index is 0.622. The van der Waals surface area contributed by atoms with Crippen molar-refractivity contribution in [3.63, 3.8) is 0 Å². The van der Waals surface area contributed by atoms with Crippen LogP contribution in [-0.4, -0.2) is 43.8 Å². The molecule has 3 nitrogen and oxygen atoms in total. The summed E-state index contributed by atoms with van der Waals surface area (Å²) < 4.78 is 5.47. The van der Waals surface area contributed by atoms with Gasteiger partial charge in [-0.1, -0.05) is 6.92 Å². The van der Waals surface area contributed by atoms with E-state index in [0.29, 0.717) is 6.04 Å². The molecule has 1 rings (SSSR count). The van der Waals surface area contributed by atoms with E-state index in [0.717, 1.165) is 32.7 Å². The summed E-state index contributed by atoms with van der Waals surface area (Å²) in [6, 6.07) is 0.622. The lowest BCUT2D eigenvalue weighted by Crippen LogP contribution is -2.45. The highest BCUT2D eigenvalue weighted by molar-refractivity contribution is 4.74. The van der Waals surface area contributed by atoms with Crippen LogP contribution in [0.4, 0.5) is 0 Å². The Labute approximate surface area is 81.2 Å². The quantitative estimate of drug-likeness (QED) is 0.691. The molecule has 0 aromatic heterocycles. The van der Waals surface area contributed by atoms with Gasteiger partial charge < -0.3 is 10.5 Å². The van der Waals surface area contributed by atoms with E-state index >= 15 is 0 Å². The van der Waals surface area contributed by atoms with E-state index in [-0.39, 0.29) is 0 Å². The number of ether oxygens (including phenoxy) is 1. The fourth-order valence-electron chi connectivity index (χ4n) is 1.89. The maximum Gasteiger partial charge on any atom is 0.0622 e. The van der Waals surface area contributed by atoms with E-state index in [4.69, 9.17) is 10.5 Å². The van der Waals surface area contributed by atoms with E-state index in [2.05, 4.69) is 11.8 Å². The fourth-order valence-corrected chi connectivity index (χ4v) is 1.89. The maximum atomic E-state index is 5.51. The fraction of sp³-hybridized carbons (Fsp3) is 1.00. The molecule has 0 spiro atoms. The van der Waals surface area contributed by atoms with Gasteiger partial charge in [0.25, 0.3) is 0 Å². The molecule has 0 radical (unpaired) electrons. The van der Waals surface area contributed by atoms with Crippen molar-refractivity contribution in [2.75, 3.05) is 32.8 Å². The third-order valence-corrected chi connectivity index (χ3v) is 2.60. The summed E-state index contributed by atoms with van der Waals surface area (Å²) in [5.74, 6) is 0. The van der Waals surface area contributed by atoms with E-state index in [9.17, 15) is 0 Å². The Morgan fingerprint density at radius 2 is 2.38 bits per heavy atom. The van der Waals surface area contributed by atoms with Crippen molar-refractivity contribution in [2.45, 2.75) is 32.2 Å². The van der Waals surface area contributed by atoms with Gasteiger partial charge in [0.2, 0.25) is 0 Å². The number of morpholine rings is 1. The predicted octanol–water partition coefficient (Wildman–Crippen LogP) is 0.836. The molecule has 78 valence electrons. The third-order valence-electron chi connectivity index (χ3n) is 2.60. The zero-order valence-corrected chi connectivity index (χ0v) is 8.67. The van der Waals surface area contributed by atoms with E-state index in [1.807, 2.05) is 0 Å². The third kappa shape index (κ3) is 3.63. The zero-order chi connectivity index (χ0) is 9.52. The molecular weight excluding hydrogens is 164 g/mol. The molecular formula is C10H22N2O. The SMILES string of the molecule is CCCN1CCOCC1CCCN.